The maximum absolute atomic E-state index is 5.82. The highest BCUT2D eigenvalue weighted by Crippen LogP contribution is 2.33. The molecule has 0 N–H and O–H groups in total. The summed E-state index contributed by atoms with van der Waals surface area (Å²) in [5.41, 5.74) is 16.3. The molecule has 0 atom stereocenters. The molecule has 0 amide bonds. The van der Waals surface area contributed by atoms with Crippen molar-refractivity contribution >= 4 is 57.6 Å². The Labute approximate surface area is 576 Å². The summed E-state index contributed by atoms with van der Waals surface area (Å²) in [6, 6.07) is 150. The molecule has 0 bridgehead atoms. The van der Waals surface area contributed by atoms with Crippen molar-refractivity contribution in [3.05, 3.63) is 406 Å². The molecule has 0 aliphatic heterocycles. The summed E-state index contributed by atoms with van der Waals surface area (Å²) in [6.07, 6.45) is 0. The van der Waals surface area contributed by atoms with E-state index in [4.69, 9.17) is 15.0 Å². The fourth-order valence-corrected chi connectivity index (χ4v) is 24.4. The Morgan fingerprint density at radius 3 is 0.571 bits per heavy atom. The van der Waals surface area contributed by atoms with Gasteiger partial charge in [-0.15, -0.1) is 0 Å². The highest BCUT2D eigenvalue weighted by atomic mass is 28.3. The number of benzene rings is 15. The number of rotatable bonds is 17. The van der Waals surface area contributed by atoms with Crippen LogP contribution in [0.5, 0.6) is 0 Å². The summed E-state index contributed by atoms with van der Waals surface area (Å²) in [7, 11) is -7.25. The lowest BCUT2D eigenvalue weighted by Gasteiger charge is -2.39. The number of aromatic nitrogens is 3. The fraction of sp³-hybridized carbons (Fsp3) is 0. The highest BCUT2D eigenvalue weighted by Gasteiger charge is 2.47. The van der Waals surface area contributed by atoms with E-state index in [2.05, 4.69) is 406 Å². The van der Waals surface area contributed by atoms with Crippen LogP contribution in [0.3, 0.4) is 0 Å². The van der Waals surface area contributed by atoms with E-state index in [0.29, 0.717) is 17.5 Å². The first-order chi connectivity index (χ1) is 48.5. The van der Waals surface area contributed by atoms with Crippen LogP contribution in [0.4, 0.5) is 0 Å². The summed E-state index contributed by atoms with van der Waals surface area (Å²) in [5.74, 6) is 1.73. The van der Waals surface area contributed by atoms with E-state index in [1.807, 2.05) is 0 Å². The third kappa shape index (κ3) is 11.9. The SMILES string of the molecule is c1ccc(-c2cccc(-c3nc(-c4cccc(-c5ccccc5)c4)nc(-c4cc([Si](c5ccccc5)(c5cccc(-c6ccccc6)c5)c5cccc(-c6ccccc6)c5)cc([Si](c5ccccc5)(c5cccc(-c6ccccc6)c5)c5cccc(-c6ccccc6)c5)c4)n3)c2)cc1. The first-order valence-corrected chi connectivity index (χ1v) is 37.5. The lowest BCUT2D eigenvalue weighted by atomic mass is 10.0. The van der Waals surface area contributed by atoms with Gasteiger partial charge in [0, 0.05) is 16.7 Å². The first-order valence-electron chi connectivity index (χ1n) is 33.5. The van der Waals surface area contributed by atoms with Crippen LogP contribution in [0.25, 0.3) is 101 Å². The molecule has 0 saturated heterocycles. The molecule has 0 aliphatic rings. The third-order valence-electron chi connectivity index (χ3n) is 19.2. The molecule has 15 aromatic carbocycles. The summed E-state index contributed by atoms with van der Waals surface area (Å²) in [6.45, 7) is 0. The first kappa shape index (κ1) is 60.7. The van der Waals surface area contributed by atoms with Gasteiger partial charge in [0.05, 0.1) is 0 Å². The molecule has 5 heteroatoms. The van der Waals surface area contributed by atoms with Gasteiger partial charge in [-0.05, 0) is 120 Å². The molecule has 0 unspecified atom stereocenters. The van der Waals surface area contributed by atoms with Crippen molar-refractivity contribution in [1.82, 2.24) is 15.0 Å². The molecule has 98 heavy (non-hydrogen) atoms. The van der Waals surface area contributed by atoms with E-state index >= 15 is 0 Å². The minimum Gasteiger partial charge on any atom is -0.208 e. The van der Waals surface area contributed by atoms with Gasteiger partial charge in [0.1, 0.15) is 0 Å². The molecule has 1 heterocycles. The zero-order chi connectivity index (χ0) is 65.5. The quantitative estimate of drug-likeness (QED) is 0.0674. The number of hydrogen-bond acceptors (Lipinski definition) is 3. The molecule has 3 nitrogen and oxygen atoms in total. The van der Waals surface area contributed by atoms with E-state index < -0.39 is 16.1 Å². The molecule has 0 radical (unpaired) electrons. The zero-order valence-electron chi connectivity index (χ0n) is 54.0. The minimum atomic E-state index is -3.63. The maximum Gasteiger partial charge on any atom is 0.179 e. The van der Waals surface area contributed by atoms with Gasteiger partial charge in [0.2, 0.25) is 0 Å². The van der Waals surface area contributed by atoms with Gasteiger partial charge in [-0.3, -0.25) is 0 Å². The Morgan fingerprint density at radius 1 is 0.122 bits per heavy atom. The summed E-state index contributed by atoms with van der Waals surface area (Å²) in [5, 5.41) is 9.86. The Kier molecular flexibility index (Phi) is 16.9. The molecule has 16 rings (SSSR count). The van der Waals surface area contributed by atoms with Crippen LogP contribution in [-0.2, 0) is 0 Å². The number of nitrogens with zero attached hydrogens (tertiary/aromatic N) is 3. The maximum atomic E-state index is 5.82. The molecule has 0 saturated carbocycles. The normalized spacial score (nSPS) is 11.5. The average Bonchev–Trinajstić information content (AvgIpc) is 0.711. The van der Waals surface area contributed by atoms with E-state index in [0.717, 1.165) is 83.5 Å². The van der Waals surface area contributed by atoms with Gasteiger partial charge in [0.15, 0.2) is 33.6 Å². The van der Waals surface area contributed by atoms with Crippen LogP contribution in [0.2, 0.25) is 0 Å². The molecule has 0 aliphatic carbocycles. The summed E-state index contributed by atoms with van der Waals surface area (Å²) < 4.78 is 0. The Balaban J connectivity index is 1.08. The van der Waals surface area contributed by atoms with E-state index in [1.54, 1.807) is 0 Å². The van der Waals surface area contributed by atoms with Crippen LogP contribution in [-0.4, -0.2) is 31.1 Å². The molecular formula is C93H67N3Si2. The van der Waals surface area contributed by atoms with Gasteiger partial charge in [-0.1, -0.05) is 394 Å². The molecule has 0 spiro atoms. The van der Waals surface area contributed by atoms with Crippen LogP contribution in [0.1, 0.15) is 0 Å². The van der Waals surface area contributed by atoms with Crippen molar-refractivity contribution < 1.29 is 0 Å². The lowest BCUT2D eigenvalue weighted by Crippen LogP contribution is -2.78. The lowest BCUT2D eigenvalue weighted by molar-refractivity contribution is 1.07. The monoisotopic (exact) mass is 1280 g/mol. The smallest absolute Gasteiger partial charge is 0.179 e. The largest absolute Gasteiger partial charge is 0.208 e. The van der Waals surface area contributed by atoms with Crippen molar-refractivity contribution in [3.63, 3.8) is 0 Å². The Bertz CT molecular complexity index is 4930. The van der Waals surface area contributed by atoms with Gasteiger partial charge in [-0.2, -0.15) is 0 Å². The molecule has 0 fully saturated rings. The summed E-state index contributed by atoms with van der Waals surface area (Å²) >= 11 is 0. The van der Waals surface area contributed by atoms with Crippen LogP contribution in [0.15, 0.2) is 406 Å². The molecular weight excluding hydrogens is 1220 g/mol. The highest BCUT2D eigenvalue weighted by molar-refractivity contribution is 7.22. The molecule has 462 valence electrons. The van der Waals surface area contributed by atoms with Crippen molar-refractivity contribution in [2.24, 2.45) is 0 Å². The second-order valence-electron chi connectivity index (χ2n) is 25.0. The van der Waals surface area contributed by atoms with Crippen LogP contribution < -0.4 is 41.5 Å². The second-order valence-corrected chi connectivity index (χ2v) is 32.6. The topological polar surface area (TPSA) is 38.7 Å². The number of hydrogen-bond donors (Lipinski definition) is 0. The molecule has 1 aromatic heterocycles. The van der Waals surface area contributed by atoms with Gasteiger partial charge >= 0.3 is 0 Å². The van der Waals surface area contributed by atoms with Crippen molar-refractivity contribution in [2.75, 3.05) is 0 Å². The van der Waals surface area contributed by atoms with E-state index in [1.165, 1.54) is 41.5 Å². The van der Waals surface area contributed by atoms with Gasteiger partial charge in [0.25, 0.3) is 0 Å². The molecule has 16 aromatic rings. The van der Waals surface area contributed by atoms with Crippen molar-refractivity contribution in [1.29, 1.82) is 0 Å². The third-order valence-corrected chi connectivity index (χ3v) is 28.6. The Hall–Kier alpha value is -12.3. The van der Waals surface area contributed by atoms with Gasteiger partial charge in [-0.25, -0.2) is 15.0 Å². The van der Waals surface area contributed by atoms with E-state index in [-0.39, 0.29) is 0 Å². The van der Waals surface area contributed by atoms with Crippen LogP contribution >= 0.6 is 0 Å². The fourth-order valence-electron chi connectivity index (χ4n) is 14.5. The second kappa shape index (κ2) is 27.2. The Morgan fingerprint density at radius 2 is 0.306 bits per heavy atom. The van der Waals surface area contributed by atoms with Crippen LogP contribution in [0, 0.1) is 0 Å². The van der Waals surface area contributed by atoms with E-state index in [9.17, 15) is 0 Å². The zero-order valence-corrected chi connectivity index (χ0v) is 56.0. The van der Waals surface area contributed by atoms with Crippen molar-refractivity contribution in [3.8, 4) is 101 Å². The average molecular weight is 1280 g/mol. The minimum absolute atomic E-state index is 0.572. The predicted molar refractivity (Wildman–Crippen MR) is 416 cm³/mol. The predicted octanol–water partition coefficient (Wildman–Crippen LogP) is 17.6. The van der Waals surface area contributed by atoms with Crippen molar-refractivity contribution in [2.45, 2.75) is 0 Å². The summed E-state index contributed by atoms with van der Waals surface area (Å²) in [4.78, 5) is 17.2. The van der Waals surface area contributed by atoms with Gasteiger partial charge < -0.3 is 0 Å². The standard InChI is InChI=1S/C93H67N3Si2/c1-9-31-68(32-10-1)74-43-25-49-80(59-74)91-94-92(81-50-26-44-75(60-81)69-33-11-2-12-34-69)96-93(95-91)82-65-89(97(83-51-21-7-22-52-83,85-55-27-45-76(61-85)70-35-13-3-14-36-70)86-56-28-46-77(62-86)71-37-15-4-16-38-71)67-90(66-82)98(84-53-23-8-24-54-84,87-57-29-47-78(63-87)72-39-17-5-18-40-72)88-58-30-48-79(64-88)73-41-19-6-20-42-73/h1-67H.